The number of benzene rings is 1. The molecule has 1 atom stereocenters. The largest absolute Gasteiger partial charge is 0.167 e. The number of allylic oxidation sites excluding steroid dienone is 1. The van der Waals surface area contributed by atoms with Crippen LogP contribution in [0.3, 0.4) is 0 Å². The molecule has 1 aromatic carbocycles. The standard InChI is InChI=1S/C16H21ClSi/c1-11-10-15-13-7-5-4-6-12(13)8-9-14(15)16(11)18(2,3)17/h8-10,16H,4-7H2,1-3H3. The van der Waals surface area contributed by atoms with Gasteiger partial charge in [-0.05, 0) is 54.9 Å². The molecule has 2 heteroatoms. The van der Waals surface area contributed by atoms with Gasteiger partial charge in [-0.15, -0.1) is 0 Å². The van der Waals surface area contributed by atoms with E-state index >= 15 is 0 Å². The van der Waals surface area contributed by atoms with Gasteiger partial charge in [-0.25, -0.2) is 0 Å². The van der Waals surface area contributed by atoms with Gasteiger partial charge in [-0.3, -0.25) is 0 Å². The molecule has 2 aliphatic rings. The fourth-order valence-corrected chi connectivity index (χ4v) is 6.79. The molecule has 0 nitrogen and oxygen atoms in total. The minimum Gasteiger partial charge on any atom is -0.167 e. The molecule has 0 radical (unpaired) electrons. The topological polar surface area (TPSA) is 0 Å². The lowest BCUT2D eigenvalue weighted by Crippen LogP contribution is -2.28. The van der Waals surface area contributed by atoms with Crippen LogP contribution in [0.5, 0.6) is 0 Å². The van der Waals surface area contributed by atoms with E-state index in [1.165, 1.54) is 42.4 Å². The van der Waals surface area contributed by atoms with E-state index in [1.807, 2.05) is 0 Å². The van der Waals surface area contributed by atoms with Crippen molar-refractivity contribution < 1.29 is 0 Å². The van der Waals surface area contributed by atoms with Gasteiger partial charge in [0.05, 0.1) is 0 Å². The fraction of sp³-hybridized carbons (Fsp3) is 0.500. The Bertz CT molecular complexity index is 523. The zero-order valence-electron chi connectivity index (χ0n) is 11.5. The molecule has 96 valence electrons. The number of rotatable bonds is 1. The monoisotopic (exact) mass is 276 g/mol. The van der Waals surface area contributed by atoms with Crippen LogP contribution in [0, 0.1) is 0 Å². The van der Waals surface area contributed by atoms with Gasteiger partial charge in [0.25, 0.3) is 0 Å². The summed E-state index contributed by atoms with van der Waals surface area (Å²) in [7, 11) is -1.68. The van der Waals surface area contributed by atoms with E-state index in [2.05, 4.69) is 38.2 Å². The van der Waals surface area contributed by atoms with Crippen LogP contribution in [-0.2, 0) is 12.8 Å². The van der Waals surface area contributed by atoms with Crippen molar-refractivity contribution in [3.05, 3.63) is 40.0 Å². The van der Waals surface area contributed by atoms with E-state index in [1.54, 1.807) is 11.1 Å². The van der Waals surface area contributed by atoms with E-state index < -0.39 is 7.38 Å². The second-order valence-corrected chi connectivity index (χ2v) is 12.9. The van der Waals surface area contributed by atoms with Crippen LogP contribution in [0.1, 0.15) is 47.6 Å². The van der Waals surface area contributed by atoms with Crippen LogP contribution in [0.2, 0.25) is 13.1 Å². The number of halogens is 1. The Labute approximate surface area is 116 Å². The molecule has 18 heavy (non-hydrogen) atoms. The summed E-state index contributed by atoms with van der Waals surface area (Å²) in [5, 5.41) is 0. The number of hydrogen-bond donors (Lipinski definition) is 0. The van der Waals surface area contributed by atoms with Crippen LogP contribution < -0.4 is 0 Å². The van der Waals surface area contributed by atoms with Crippen molar-refractivity contribution >= 4 is 24.5 Å². The molecule has 0 fully saturated rings. The molecule has 0 aliphatic heterocycles. The van der Waals surface area contributed by atoms with Gasteiger partial charge in [-0.1, -0.05) is 36.9 Å². The van der Waals surface area contributed by atoms with Gasteiger partial charge >= 0.3 is 0 Å². The summed E-state index contributed by atoms with van der Waals surface area (Å²) in [6.07, 6.45) is 7.65. The lowest BCUT2D eigenvalue weighted by molar-refractivity contribution is 0.684. The van der Waals surface area contributed by atoms with Crippen LogP contribution in [0.4, 0.5) is 0 Å². The predicted molar refractivity (Wildman–Crippen MR) is 82.8 cm³/mol. The smallest absolute Gasteiger partial charge is 0.161 e. The first-order valence-corrected chi connectivity index (χ1v) is 11.1. The van der Waals surface area contributed by atoms with Gasteiger partial charge in [-0.2, -0.15) is 11.1 Å². The molecule has 1 unspecified atom stereocenters. The van der Waals surface area contributed by atoms with E-state index in [9.17, 15) is 0 Å². The maximum atomic E-state index is 6.74. The molecule has 0 saturated carbocycles. The van der Waals surface area contributed by atoms with Gasteiger partial charge in [0.15, 0.2) is 7.38 Å². The normalized spacial score (nSPS) is 22.4. The molecule has 3 rings (SSSR count). The van der Waals surface area contributed by atoms with E-state index in [0.29, 0.717) is 5.54 Å². The lowest BCUT2D eigenvalue weighted by Gasteiger charge is -2.26. The maximum Gasteiger partial charge on any atom is 0.161 e. The van der Waals surface area contributed by atoms with E-state index in [0.717, 1.165) is 0 Å². The molecule has 2 aliphatic carbocycles. The third kappa shape index (κ3) is 1.88. The summed E-state index contributed by atoms with van der Waals surface area (Å²) >= 11 is 6.74. The summed E-state index contributed by atoms with van der Waals surface area (Å²) in [5.41, 5.74) is 8.24. The molecule has 0 aromatic heterocycles. The SMILES string of the molecule is CC1=Cc2c(ccc3c2CCCC3)C1[Si](C)(C)Cl. The molecule has 0 bridgehead atoms. The van der Waals surface area contributed by atoms with Gasteiger partial charge in [0.1, 0.15) is 0 Å². The highest BCUT2D eigenvalue weighted by atomic mass is 35.6. The molecule has 0 saturated heterocycles. The van der Waals surface area contributed by atoms with E-state index in [4.69, 9.17) is 11.1 Å². The first kappa shape index (κ1) is 12.5. The first-order valence-electron chi connectivity index (χ1n) is 7.00. The number of hydrogen-bond acceptors (Lipinski definition) is 0. The minimum atomic E-state index is -1.68. The molecule has 1 aromatic rings. The van der Waals surface area contributed by atoms with Gasteiger partial charge in [0.2, 0.25) is 0 Å². The number of aryl methyl sites for hydroxylation is 1. The first-order chi connectivity index (χ1) is 8.48. The predicted octanol–water partition coefficient (Wildman–Crippen LogP) is 5.05. The third-order valence-corrected chi connectivity index (χ3v) is 7.23. The summed E-state index contributed by atoms with van der Waals surface area (Å²) in [6, 6.07) is 4.72. The Kier molecular flexibility index (Phi) is 2.95. The Hall–Kier alpha value is -0.533. The second-order valence-electron chi connectivity index (χ2n) is 6.30. The maximum absolute atomic E-state index is 6.74. The van der Waals surface area contributed by atoms with Crippen molar-refractivity contribution in [2.75, 3.05) is 0 Å². The molecule has 0 spiro atoms. The number of fused-ring (bicyclic) bond motifs is 3. The summed E-state index contributed by atoms with van der Waals surface area (Å²) in [4.78, 5) is 0. The van der Waals surface area contributed by atoms with Crippen molar-refractivity contribution in [3.63, 3.8) is 0 Å². The van der Waals surface area contributed by atoms with Crippen molar-refractivity contribution in [1.29, 1.82) is 0 Å². The summed E-state index contributed by atoms with van der Waals surface area (Å²) < 4.78 is 0. The molecule has 0 amide bonds. The Morgan fingerprint density at radius 2 is 1.89 bits per heavy atom. The second kappa shape index (κ2) is 4.24. The molecule has 0 N–H and O–H groups in total. The Balaban J connectivity index is 2.15. The molecule has 0 heterocycles. The molecular weight excluding hydrogens is 256 g/mol. The average molecular weight is 277 g/mol. The minimum absolute atomic E-state index is 0.515. The summed E-state index contributed by atoms with van der Waals surface area (Å²) in [6.45, 7) is 6.80. The van der Waals surface area contributed by atoms with Crippen LogP contribution >= 0.6 is 11.1 Å². The highest BCUT2D eigenvalue weighted by Crippen LogP contribution is 2.46. The van der Waals surface area contributed by atoms with Crippen molar-refractivity contribution in [1.82, 2.24) is 0 Å². The highest BCUT2D eigenvalue weighted by molar-refractivity contribution is 7.20. The van der Waals surface area contributed by atoms with Gasteiger partial charge in [0, 0.05) is 5.54 Å². The van der Waals surface area contributed by atoms with Crippen molar-refractivity contribution in [2.45, 2.75) is 51.2 Å². The van der Waals surface area contributed by atoms with Crippen molar-refractivity contribution in [3.8, 4) is 0 Å². The van der Waals surface area contributed by atoms with Crippen molar-refractivity contribution in [2.24, 2.45) is 0 Å². The zero-order valence-corrected chi connectivity index (χ0v) is 13.3. The van der Waals surface area contributed by atoms with Crippen LogP contribution in [0.25, 0.3) is 6.08 Å². The zero-order chi connectivity index (χ0) is 12.9. The Morgan fingerprint density at radius 1 is 1.17 bits per heavy atom. The van der Waals surface area contributed by atoms with Gasteiger partial charge < -0.3 is 0 Å². The quantitative estimate of drug-likeness (QED) is 0.497. The molecular formula is C16H21ClSi. The lowest BCUT2D eigenvalue weighted by atomic mass is 9.87. The third-order valence-electron chi connectivity index (χ3n) is 4.44. The van der Waals surface area contributed by atoms with Crippen LogP contribution in [0.15, 0.2) is 17.7 Å². The Morgan fingerprint density at radius 3 is 2.61 bits per heavy atom. The fourth-order valence-electron chi connectivity index (χ4n) is 3.76. The van der Waals surface area contributed by atoms with E-state index in [-0.39, 0.29) is 0 Å². The summed E-state index contributed by atoms with van der Waals surface area (Å²) in [5.74, 6) is 0. The average Bonchev–Trinajstić information content (AvgIpc) is 2.65. The van der Waals surface area contributed by atoms with Crippen LogP contribution in [-0.4, -0.2) is 7.38 Å². The highest BCUT2D eigenvalue weighted by Gasteiger charge is 2.37.